The summed E-state index contributed by atoms with van der Waals surface area (Å²) in [6.45, 7) is 4.02. The Kier molecular flexibility index (Phi) is 8.76. The Balaban J connectivity index is 1.45. The fourth-order valence-electron chi connectivity index (χ4n) is 4.46. The van der Waals surface area contributed by atoms with Crippen molar-refractivity contribution in [2.75, 3.05) is 26.1 Å². The van der Waals surface area contributed by atoms with Crippen LogP contribution in [0.15, 0.2) is 79.4 Å². The molecule has 0 aliphatic carbocycles. The minimum absolute atomic E-state index is 0.101. The van der Waals surface area contributed by atoms with Gasteiger partial charge < -0.3 is 14.2 Å². The summed E-state index contributed by atoms with van der Waals surface area (Å²) in [4.78, 5) is 13.6. The van der Waals surface area contributed by atoms with Gasteiger partial charge in [0.25, 0.3) is 0 Å². The molecule has 11 heteroatoms. The third kappa shape index (κ3) is 6.01. The average Bonchev–Trinajstić information content (AvgIpc) is 3.44. The van der Waals surface area contributed by atoms with E-state index in [9.17, 15) is 0 Å². The van der Waals surface area contributed by atoms with Gasteiger partial charge in [0, 0.05) is 43.0 Å². The molecule has 5 aromatic rings. The number of para-hydroxylation sites is 1. The molecule has 0 amide bonds. The molecule has 210 valence electrons. The van der Waals surface area contributed by atoms with Crippen LogP contribution in [0.4, 0.5) is 5.95 Å². The molecule has 0 aliphatic heterocycles. The number of anilines is 1. The minimum Gasteiger partial charge on any atom is -0.494 e. The number of pyridine rings is 1. The molecule has 41 heavy (non-hydrogen) atoms. The van der Waals surface area contributed by atoms with E-state index in [2.05, 4.69) is 29.9 Å². The number of benzene rings is 2. The van der Waals surface area contributed by atoms with E-state index in [1.807, 2.05) is 85.4 Å². The van der Waals surface area contributed by atoms with E-state index in [4.69, 9.17) is 14.2 Å². The SMILES string of the molecule is COc1cccc(OC)c1-n1c(NSC(C)C(OC)c2ncc(-c3ccccc3)cn2)nnc1-c1cncc(C)c1. The molecule has 3 heterocycles. The number of hydrogen-bond donors (Lipinski definition) is 1. The molecule has 10 nitrogen and oxygen atoms in total. The van der Waals surface area contributed by atoms with Crippen LogP contribution in [0.3, 0.4) is 0 Å². The molecule has 1 N–H and O–H groups in total. The van der Waals surface area contributed by atoms with Crippen molar-refractivity contribution in [1.82, 2.24) is 29.7 Å². The Hall–Kier alpha value is -4.48. The number of hydrogen-bond acceptors (Lipinski definition) is 10. The molecule has 0 saturated heterocycles. The van der Waals surface area contributed by atoms with E-state index >= 15 is 0 Å². The second kappa shape index (κ2) is 12.8. The predicted octanol–water partition coefficient (Wildman–Crippen LogP) is 5.95. The van der Waals surface area contributed by atoms with Crippen LogP contribution in [0.5, 0.6) is 11.5 Å². The molecule has 0 spiro atoms. The van der Waals surface area contributed by atoms with Crippen molar-refractivity contribution < 1.29 is 14.2 Å². The van der Waals surface area contributed by atoms with Gasteiger partial charge in [-0.25, -0.2) is 9.97 Å². The summed E-state index contributed by atoms with van der Waals surface area (Å²) in [6.07, 6.45) is 6.81. The number of ether oxygens (including phenoxy) is 3. The first-order valence-corrected chi connectivity index (χ1v) is 13.8. The van der Waals surface area contributed by atoms with Gasteiger partial charge in [-0.1, -0.05) is 36.4 Å². The molecule has 2 aromatic carbocycles. The van der Waals surface area contributed by atoms with E-state index in [1.165, 1.54) is 11.9 Å². The Morgan fingerprint density at radius 2 is 1.51 bits per heavy atom. The van der Waals surface area contributed by atoms with Crippen LogP contribution < -0.4 is 14.2 Å². The maximum Gasteiger partial charge on any atom is 0.239 e. The summed E-state index contributed by atoms with van der Waals surface area (Å²) >= 11 is 1.43. The normalized spacial score (nSPS) is 12.5. The van der Waals surface area contributed by atoms with Gasteiger partial charge in [0.1, 0.15) is 23.3 Å². The maximum absolute atomic E-state index is 5.83. The molecular formula is C30H31N7O3S. The van der Waals surface area contributed by atoms with E-state index in [0.717, 1.165) is 22.3 Å². The zero-order valence-electron chi connectivity index (χ0n) is 23.5. The third-order valence-electron chi connectivity index (χ3n) is 6.47. The highest BCUT2D eigenvalue weighted by molar-refractivity contribution is 8.01. The number of nitrogens with zero attached hydrogens (tertiary/aromatic N) is 6. The van der Waals surface area contributed by atoms with Crippen LogP contribution in [0.1, 0.15) is 24.4 Å². The lowest BCUT2D eigenvalue weighted by atomic mass is 10.1. The summed E-state index contributed by atoms with van der Waals surface area (Å²) in [5, 5.41) is 8.92. The topological polar surface area (TPSA) is 109 Å². The van der Waals surface area contributed by atoms with Crippen LogP contribution in [0, 0.1) is 6.92 Å². The smallest absolute Gasteiger partial charge is 0.239 e. The molecule has 2 unspecified atom stereocenters. The van der Waals surface area contributed by atoms with Gasteiger partial charge in [-0.2, -0.15) is 0 Å². The summed E-state index contributed by atoms with van der Waals surface area (Å²) in [6, 6.07) is 17.6. The summed E-state index contributed by atoms with van der Waals surface area (Å²) in [5.41, 5.74) is 4.47. The van der Waals surface area contributed by atoms with Crippen molar-refractivity contribution >= 4 is 17.9 Å². The van der Waals surface area contributed by atoms with Crippen molar-refractivity contribution in [1.29, 1.82) is 0 Å². The molecule has 0 radical (unpaired) electrons. The average molecular weight is 570 g/mol. The molecule has 5 rings (SSSR count). The Bertz CT molecular complexity index is 1570. The fourth-order valence-corrected chi connectivity index (χ4v) is 5.24. The Labute approximate surface area is 243 Å². The van der Waals surface area contributed by atoms with Crippen LogP contribution in [0.25, 0.3) is 28.2 Å². The predicted molar refractivity (Wildman–Crippen MR) is 160 cm³/mol. The van der Waals surface area contributed by atoms with Gasteiger partial charge in [0.05, 0.1) is 19.5 Å². The van der Waals surface area contributed by atoms with Gasteiger partial charge >= 0.3 is 0 Å². The second-order valence-corrected chi connectivity index (χ2v) is 10.4. The van der Waals surface area contributed by atoms with Gasteiger partial charge in [-0.15, -0.1) is 10.2 Å². The molecule has 3 aromatic heterocycles. The van der Waals surface area contributed by atoms with Crippen molar-refractivity contribution in [3.63, 3.8) is 0 Å². The van der Waals surface area contributed by atoms with Crippen LogP contribution in [0.2, 0.25) is 0 Å². The van der Waals surface area contributed by atoms with Crippen molar-refractivity contribution in [2.45, 2.75) is 25.2 Å². The summed E-state index contributed by atoms with van der Waals surface area (Å²) < 4.78 is 22.5. The van der Waals surface area contributed by atoms with E-state index in [0.29, 0.717) is 34.8 Å². The molecule has 0 saturated carbocycles. The molecule has 0 aliphatic rings. The number of rotatable bonds is 11. The zero-order chi connectivity index (χ0) is 28.8. The minimum atomic E-state index is -0.380. The van der Waals surface area contributed by atoms with E-state index in [-0.39, 0.29) is 11.4 Å². The fraction of sp³-hybridized carbons (Fsp3) is 0.233. The molecule has 0 bridgehead atoms. The number of aromatic nitrogens is 6. The molecule has 2 atom stereocenters. The lowest BCUT2D eigenvalue weighted by molar-refractivity contribution is 0.0973. The lowest BCUT2D eigenvalue weighted by Gasteiger charge is -2.22. The first kappa shape index (κ1) is 28.1. The second-order valence-electron chi connectivity index (χ2n) is 9.22. The standard InChI is InChI=1S/C30H31N7O3S/c1-19-14-22(16-31-15-19)29-34-35-30(37(29)26-24(38-3)12-9-13-25(26)39-4)36-41-20(2)27(40-5)28-32-17-23(18-33-28)21-10-7-6-8-11-21/h6-18,20,27H,1-5H3,(H,35,36). The maximum atomic E-state index is 5.83. The lowest BCUT2D eigenvalue weighted by Crippen LogP contribution is -2.19. The highest BCUT2D eigenvalue weighted by Crippen LogP contribution is 2.38. The van der Waals surface area contributed by atoms with Crippen molar-refractivity contribution in [3.05, 3.63) is 90.8 Å². The number of aryl methyl sites for hydroxylation is 1. The van der Waals surface area contributed by atoms with Crippen molar-refractivity contribution in [3.8, 4) is 39.7 Å². The first-order valence-electron chi connectivity index (χ1n) is 12.9. The molecular weight excluding hydrogens is 538 g/mol. The third-order valence-corrected chi connectivity index (χ3v) is 7.39. The largest absolute Gasteiger partial charge is 0.494 e. The highest BCUT2D eigenvalue weighted by Gasteiger charge is 2.26. The first-order chi connectivity index (χ1) is 20.0. The Morgan fingerprint density at radius 1 is 0.805 bits per heavy atom. The molecule has 0 fully saturated rings. The van der Waals surface area contributed by atoms with Crippen LogP contribution in [-0.4, -0.2) is 56.3 Å². The summed E-state index contributed by atoms with van der Waals surface area (Å²) in [5.74, 6) is 2.87. The van der Waals surface area contributed by atoms with Gasteiger partial charge in [0.2, 0.25) is 5.95 Å². The number of methoxy groups -OCH3 is 3. The van der Waals surface area contributed by atoms with Gasteiger partial charge in [-0.05, 0) is 55.1 Å². The quantitative estimate of drug-likeness (QED) is 0.192. The summed E-state index contributed by atoms with van der Waals surface area (Å²) in [7, 11) is 4.89. The van der Waals surface area contributed by atoms with Crippen molar-refractivity contribution in [2.24, 2.45) is 0 Å². The van der Waals surface area contributed by atoms with Gasteiger partial charge in [-0.3, -0.25) is 14.3 Å². The van der Waals surface area contributed by atoms with Crippen LogP contribution >= 0.6 is 11.9 Å². The van der Waals surface area contributed by atoms with Crippen LogP contribution in [-0.2, 0) is 4.74 Å². The number of nitrogens with one attached hydrogen (secondary N) is 1. The van der Waals surface area contributed by atoms with Gasteiger partial charge in [0.15, 0.2) is 11.6 Å². The van der Waals surface area contributed by atoms with E-state index < -0.39 is 0 Å². The Morgan fingerprint density at radius 3 is 2.15 bits per heavy atom. The highest BCUT2D eigenvalue weighted by atomic mass is 32.2. The van der Waals surface area contributed by atoms with E-state index in [1.54, 1.807) is 33.7 Å². The zero-order valence-corrected chi connectivity index (χ0v) is 24.3. The monoisotopic (exact) mass is 569 g/mol.